The summed E-state index contributed by atoms with van der Waals surface area (Å²) in [5.74, 6) is 0.997. The fraction of sp³-hybridized carbons (Fsp3) is 0.375. The molecular formula is C16H17F3N4O. The number of nitrogen functional groups attached to an aromatic ring is 1. The van der Waals surface area contributed by atoms with Crippen LogP contribution in [-0.4, -0.2) is 36.3 Å². The lowest BCUT2D eigenvalue weighted by Gasteiger charge is -2.29. The van der Waals surface area contributed by atoms with Gasteiger partial charge in [0, 0.05) is 18.7 Å². The van der Waals surface area contributed by atoms with Crippen LogP contribution < -0.4 is 10.6 Å². The highest BCUT2D eigenvalue weighted by Gasteiger charge is 2.31. The fourth-order valence-corrected chi connectivity index (χ4v) is 2.65. The van der Waals surface area contributed by atoms with Crippen molar-refractivity contribution in [2.24, 2.45) is 0 Å². The molecule has 0 unspecified atom stereocenters. The van der Waals surface area contributed by atoms with Gasteiger partial charge in [-0.25, -0.2) is 9.97 Å². The van der Waals surface area contributed by atoms with Crippen LogP contribution in [0.15, 0.2) is 24.3 Å². The number of rotatable bonds is 2. The second-order valence-corrected chi connectivity index (χ2v) is 5.53. The summed E-state index contributed by atoms with van der Waals surface area (Å²) in [5, 5.41) is 0. The average Bonchev–Trinajstić information content (AvgIpc) is 2.57. The Morgan fingerprint density at radius 2 is 1.88 bits per heavy atom. The standard InChI is InChI=1S/C16H17F3N4O/c1-10-21-14(11-3-2-4-12(9-11)16(17,18)19)13(20)15(22-10)23-5-7-24-8-6-23/h2-4,9H,5-8,20H2,1H3. The molecule has 2 heterocycles. The zero-order valence-corrected chi connectivity index (χ0v) is 13.1. The first-order valence-electron chi connectivity index (χ1n) is 7.50. The van der Waals surface area contributed by atoms with E-state index < -0.39 is 11.7 Å². The molecule has 0 atom stereocenters. The van der Waals surface area contributed by atoms with E-state index in [1.807, 2.05) is 4.90 Å². The summed E-state index contributed by atoms with van der Waals surface area (Å²) >= 11 is 0. The molecule has 3 rings (SSSR count). The molecule has 0 saturated carbocycles. The lowest BCUT2D eigenvalue weighted by molar-refractivity contribution is -0.137. The number of benzene rings is 1. The van der Waals surface area contributed by atoms with Crippen molar-refractivity contribution in [1.29, 1.82) is 0 Å². The second-order valence-electron chi connectivity index (χ2n) is 5.53. The van der Waals surface area contributed by atoms with E-state index in [1.165, 1.54) is 6.07 Å². The Kier molecular flexibility index (Phi) is 4.31. The number of hydrogen-bond donors (Lipinski definition) is 1. The zero-order valence-electron chi connectivity index (χ0n) is 13.1. The summed E-state index contributed by atoms with van der Waals surface area (Å²) in [6.45, 7) is 4.06. The summed E-state index contributed by atoms with van der Waals surface area (Å²) < 4.78 is 44.2. The molecule has 5 nitrogen and oxygen atoms in total. The Labute approximate surface area is 137 Å². The number of morpholine rings is 1. The Morgan fingerprint density at radius 1 is 1.17 bits per heavy atom. The van der Waals surface area contributed by atoms with Gasteiger partial charge in [-0.05, 0) is 19.1 Å². The number of aromatic nitrogens is 2. The average molecular weight is 338 g/mol. The van der Waals surface area contributed by atoms with E-state index in [9.17, 15) is 13.2 Å². The summed E-state index contributed by atoms with van der Waals surface area (Å²) in [4.78, 5) is 10.6. The van der Waals surface area contributed by atoms with Gasteiger partial charge in [0.15, 0.2) is 5.82 Å². The van der Waals surface area contributed by atoms with E-state index in [2.05, 4.69) is 9.97 Å². The van der Waals surface area contributed by atoms with Crippen LogP contribution in [0.25, 0.3) is 11.3 Å². The molecule has 2 N–H and O–H groups in total. The van der Waals surface area contributed by atoms with Crippen LogP contribution in [0.1, 0.15) is 11.4 Å². The van der Waals surface area contributed by atoms with Crippen molar-refractivity contribution < 1.29 is 17.9 Å². The van der Waals surface area contributed by atoms with Gasteiger partial charge in [0.1, 0.15) is 11.5 Å². The van der Waals surface area contributed by atoms with E-state index in [1.54, 1.807) is 13.0 Å². The van der Waals surface area contributed by atoms with Gasteiger partial charge in [-0.1, -0.05) is 12.1 Å². The van der Waals surface area contributed by atoms with Crippen molar-refractivity contribution in [2.75, 3.05) is 36.9 Å². The van der Waals surface area contributed by atoms with Gasteiger partial charge in [0.25, 0.3) is 0 Å². The predicted molar refractivity (Wildman–Crippen MR) is 84.7 cm³/mol. The number of alkyl halides is 3. The first kappa shape index (κ1) is 16.5. The van der Waals surface area contributed by atoms with Crippen LogP contribution in [0.2, 0.25) is 0 Å². The van der Waals surface area contributed by atoms with E-state index in [-0.39, 0.29) is 5.69 Å². The number of ether oxygens (including phenoxy) is 1. The summed E-state index contributed by atoms with van der Waals surface area (Å²) in [5.41, 5.74) is 6.37. The lowest BCUT2D eigenvalue weighted by atomic mass is 10.1. The predicted octanol–water partition coefficient (Wildman–Crippen LogP) is 2.89. The minimum Gasteiger partial charge on any atom is -0.394 e. The molecular weight excluding hydrogens is 321 g/mol. The van der Waals surface area contributed by atoms with Gasteiger partial charge >= 0.3 is 6.18 Å². The Morgan fingerprint density at radius 3 is 2.54 bits per heavy atom. The zero-order chi connectivity index (χ0) is 17.3. The highest BCUT2D eigenvalue weighted by molar-refractivity contribution is 5.81. The largest absolute Gasteiger partial charge is 0.416 e. The Hall–Kier alpha value is -2.35. The Balaban J connectivity index is 2.07. The van der Waals surface area contributed by atoms with Gasteiger partial charge in [-0.2, -0.15) is 13.2 Å². The topological polar surface area (TPSA) is 64.3 Å². The molecule has 0 amide bonds. The molecule has 0 bridgehead atoms. The van der Waals surface area contributed by atoms with Gasteiger partial charge in [0.05, 0.1) is 24.5 Å². The van der Waals surface area contributed by atoms with Crippen molar-refractivity contribution in [3.63, 3.8) is 0 Å². The third-order valence-corrected chi connectivity index (χ3v) is 3.81. The molecule has 0 spiro atoms. The monoisotopic (exact) mass is 338 g/mol. The molecule has 8 heteroatoms. The first-order valence-corrected chi connectivity index (χ1v) is 7.50. The number of aryl methyl sites for hydroxylation is 1. The molecule has 24 heavy (non-hydrogen) atoms. The van der Waals surface area contributed by atoms with Crippen LogP contribution >= 0.6 is 0 Å². The quantitative estimate of drug-likeness (QED) is 0.912. The first-order chi connectivity index (χ1) is 11.4. The fourth-order valence-electron chi connectivity index (χ4n) is 2.65. The number of anilines is 2. The maximum Gasteiger partial charge on any atom is 0.416 e. The number of nitrogens with two attached hydrogens (primary N) is 1. The van der Waals surface area contributed by atoms with E-state index in [0.717, 1.165) is 12.1 Å². The molecule has 1 aliphatic rings. The van der Waals surface area contributed by atoms with Crippen LogP contribution in [0, 0.1) is 6.92 Å². The van der Waals surface area contributed by atoms with Crippen LogP contribution in [0.5, 0.6) is 0 Å². The minimum absolute atomic E-state index is 0.279. The van der Waals surface area contributed by atoms with Gasteiger partial charge in [0.2, 0.25) is 0 Å². The highest BCUT2D eigenvalue weighted by atomic mass is 19.4. The van der Waals surface area contributed by atoms with Crippen molar-refractivity contribution >= 4 is 11.5 Å². The Bertz CT molecular complexity index is 743. The van der Waals surface area contributed by atoms with Gasteiger partial charge < -0.3 is 15.4 Å². The normalized spacial score (nSPS) is 15.6. The van der Waals surface area contributed by atoms with Crippen molar-refractivity contribution in [3.05, 3.63) is 35.7 Å². The molecule has 1 aromatic carbocycles. The SMILES string of the molecule is Cc1nc(-c2cccc(C(F)(F)F)c2)c(N)c(N2CCOCC2)n1. The highest BCUT2D eigenvalue weighted by Crippen LogP contribution is 2.35. The molecule has 1 aliphatic heterocycles. The number of hydrogen-bond acceptors (Lipinski definition) is 5. The van der Waals surface area contributed by atoms with Gasteiger partial charge in [-0.15, -0.1) is 0 Å². The van der Waals surface area contributed by atoms with Crippen LogP contribution in [0.4, 0.5) is 24.7 Å². The molecule has 0 radical (unpaired) electrons. The van der Waals surface area contributed by atoms with E-state index >= 15 is 0 Å². The maximum absolute atomic E-state index is 12.9. The number of nitrogens with zero attached hydrogens (tertiary/aromatic N) is 3. The third kappa shape index (κ3) is 3.28. The summed E-state index contributed by atoms with van der Waals surface area (Å²) in [6.07, 6.45) is -4.42. The molecule has 1 aromatic heterocycles. The van der Waals surface area contributed by atoms with Crippen LogP contribution in [0.3, 0.4) is 0 Å². The minimum atomic E-state index is -4.42. The van der Waals surface area contributed by atoms with E-state index in [0.29, 0.717) is 49.2 Å². The van der Waals surface area contributed by atoms with Crippen molar-refractivity contribution in [3.8, 4) is 11.3 Å². The summed E-state index contributed by atoms with van der Waals surface area (Å²) in [7, 11) is 0. The van der Waals surface area contributed by atoms with Crippen LogP contribution in [-0.2, 0) is 10.9 Å². The smallest absolute Gasteiger partial charge is 0.394 e. The molecule has 2 aromatic rings. The van der Waals surface area contributed by atoms with Crippen molar-refractivity contribution in [1.82, 2.24) is 9.97 Å². The third-order valence-electron chi connectivity index (χ3n) is 3.81. The molecule has 0 aliphatic carbocycles. The van der Waals surface area contributed by atoms with Gasteiger partial charge in [-0.3, -0.25) is 0 Å². The lowest BCUT2D eigenvalue weighted by Crippen LogP contribution is -2.37. The second kappa shape index (κ2) is 6.27. The molecule has 1 fully saturated rings. The van der Waals surface area contributed by atoms with Crippen molar-refractivity contribution in [2.45, 2.75) is 13.1 Å². The van der Waals surface area contributed by atoms with E-state index in [4.69, 9.17) is 10.5 Å². The summed E-state index contributed by atoms with van der Waals surface area (Å²) in [6, 6.07) is 5.00. The maximum atomic E-state index is 12.9. The number of halogens is 3. The molecule has 1 saturated heterocycles. The molecule has 128 valence electrons.